The molecular formula is C14H23NO3S2. The van der Waals surface area contributed by atoms with Crippen LogP contribution in [0.25, 0.3) is 0 Å². The van der Waals surface area contributed by atoms with Gasteiger partial charge in [0.15, 0.2) is 0 Å². The molecule has 4 nitrogen and oxygen atoms in total. The summed E-state index contributed by atoms with van der Waals surface area (Å²) in [6.45, 7) is 7.66. The van der Waals surface area contributed by atoms with Crippen LogP contribution in [0.4, 0.5) is 0 Å². The minimum atomic E-state index is -3.58. The summed E-state index contributed by atoms with van der Waals surface area (Å²) in [6.07, 6.45) is 2.92. The lowest BCUT2D eigenvalue weighted by atomic mass is 10.1. The third-order valence-corrected chi connectivity index (χ3v) is 6.45. The van der Waals surface area contributed by atoms with Gasteiger partial charge in [0.1, 0.15) is 0 Å². The number of sulfonamides is 1. The van der Waals surface area contributed by atoms with Crippen molar-refractivity contribution in [3.8, 4) is 0 Å². The van der Waals surface area contributed by atoms with E-state index in [9.17, 15) is 13.2 Å². The van der Waals surface area contributed by atoms with E-state index in [1.807, 2.05) is 20.8 Å². The number of hydrogen-bond donors (Lipinski definition) is 1. The number of rotatable bonds is 7. The Morgan fingerprint density at radius 1 is 1.30 bits per heavy atom. The van der Waals surface area contributed by atoms with Crippen LogP contribution in [0.1, 0.15) is 60.1 Å². The summed E-state index contributed by atoms with van der Waals surface area (Å²) in [5, 5.41) is -0.511. The average Bonchev–Trinajstić information content (AvgIpc) is 2.72. The third kappa shape index (κ3) is 4.06. The predicted octanol–water partition coefficient (Wildman–Crippen LogP) is 3.26. The fraction of sp³-hybridized carbons (Fsp3) is 0.643. The second-order valence-corrected chi connectivity index (χ2v) is 8.07. The molecule has 20 heavy (non-hydrogen) atoms. The molecule has 1 heterocycles. The normalized spacial score (nSPS) is 11.8. The van der Waals surface area contributed by atoms with Crippen LogP contribution in [-0.2, 0) is 16.4 Å². The Morgan fingerprint density at radius 2 is 1.90 bits per heavy atom. The first-order valence-electron chi connectivity index (χ1n) is 7.00. The van der Waals surface area contributed by atoms with Crippen LogP contribution >= 0.6 is 11.3 Å². The number of nitrogens with one attached hydrogen (secondary N) is 1. The molecule has 1 N–H and O–H groups in total. The standard InChI is InChI=1S/C14H23NO3S2/c1-5-8-11-9-13(19-10(11)4)14(16)15-20(17,18)12(6-2)7-3/h9,12H,5-8H2,1-4H3,(H,15,16). The quantitative estimate of drug-likeness (QED) is 0.839. The fourth-order valence-corrected chi connectivity index (χ4v) is 4.58. The highest BCUT2D eigenvalue weighted by atomic mass is 32.2. The van der Waals surface area contributed by atoms with Crippen molar-refractivity contribution in [3.05, 3.63) is 21.4 Å². The van der Waals surface area contributed by atoms with E-state index in [0.717, 1.165) is 23.3 Å². The van der Waals surface area contributed by atoms with Crippen LogP contribution in [0, 0.1) is 6.92 Å². The molecule has 0 spiro atoms. The van der Waals surface area contributed by atoms with E-state index < -0.39 is 21.2 Å². The van der Waals surface area contributed by atoms with Gasteiger partial charge < -0.3 is 0 Å². The van der Waals surface area contributed by atoms with E-state index in [2.05, 4.69) is 11.6 Å². The molecule has 0 aliphatic rings. The van der Waals surface area contributed by atoms with E-state index in [1.54, 1.807) is 6.07 Å². The maximum absolute atomic E-state index is 12.1. The molecule has 6 heteroatoms. The average molecular weight is 317 g/mol. The summed E-state index contributed by atoms with van der Waals surface area (Å²) in [5.74, 6) is -0.507. The summed E-state index contributed by atoms with van der Waals surface area (Å²) in [7, 11) is -3.58. The number of carbonyl (C=O) groups excluding carboxylic acids is 1. The lowest BCUT2D eigenvalue weighted by Gasteiger charge is -2.13. The zero-order chi connectivity index (χ0) is 15.3. The molecule has 0 radical (unpaired) electrons. The SMILES string of the molecule is CCCc1cc(C(=O)NS(=O)(=O)C(CC)CC)sc1C. The first-order valence-corrected chi connectivity index (χ1v) is 9.37. The largest absolute Gasteiger partial charge is 0.274 e. The van der Waals surface area contributed by atoms with Gasteiger partial charge in [0.25, 0.3) is 5.91 Å². The maximum atomic E-state index is 12.1. The number of aryl methyl sites for hydroxylation is 2. The topological polar surface area (TPSA) is 63.2 Å². The minimum absolute atomic E-state index is 0.473. The molecule has 0 fully saturated rings. The Balaban J connectivity index is 2.89. The van der Waals surface area contributed by atoms with Gasteiger partial charge in [-0.3, -0.25) is 4.79 Å². The number of carbonyl (C=O) groups is 1. The monoisotopic (exact) mass is 317 g/mol. The molecule has 0 aliphatic heterocycles. The van der Waals surface area contributed by atoms with Gasteiger partial charge in [0.05, 0.1) is 10.1 Å². The Hall–Kier alpha value is -0.880. The highest BCUT2D eigenvalue weighted by molar-refractivity contribution is 7.90. The Kier molecular flexibility index (Phi) is 6.20. The van der Waals surface area contributed by atoms with Crippen molar-refractivity contribution in [2.24, 2.45) is 0 Å². The van der Waals surface area contributed by atoms with Gasteiger partial charge in [-0.05, 0) is 37.8 Å². The molecule has 0 bridgehead atoms. The van der Waals surface area contributed by atoms with Gasteiger partial charge in [0.2, 0.25) is 10.0 Å². The van der Waals surface area contributed by atoms with E-state index in [-0.39, 0.29) is 0 Å². The van der Waals surface area contributed by atoms with Crippen molar-refractivity contribution >= 4 is 27.3 Å². The van der Waals surface area contributed by atoms with Crippen LogP contribution in [0.2, 0.25) is 0 Å². The van der Waals surface area contributed by atoms with Crippen LogP contribution in [0.15, 0.2) is 6.07 Å². The van der Waals surface area contributed by atoms with Crippen molar-refractivity contribution in [2.75, 3.05) is 0 Å². The highest BCUT2D eigenvalue weighted by Crippen LogP contribution is 2.23. The molecule has 114 valence electrons. The molecule has 1 aromatic rings. The van der Waals surface area contributed by atoms with Crippen molar-refractivity contribution in [2.45, 2.75) is 58.6 Å². The van der Waals surface area contributed by atoms with Gasteiger partial charge in [-0.1, -0.05) is 27.2 Å². The zero-order valence-electron chi connectivity index (χ0n) is 12.5. The lowest BCUT2D eigenvalue weighted by Crippen LogP contribution is -2.37. The molecule has 0 saturated heterocycles. The number of amides is 1. The molecule has 1 rings (SSSR count). The first kappa shape index (κ1) is 17.2. The summed E-state index contributed by atoms with van der Waals surface area (Å²) in [5.41, 5.74) is 1.13. The number of hydrogen-bond acceptors (Lipinski definition) is 4. The molecule has 0 atom stereocenters. The molecule has 0 aromatic carbocycles. The summed E-state index contributed by atoms with van der Waals surface area (Å²) in [6, 6.07) is 1.81. The van der Waals surface area contributed by atoms with Gasteiger partial charge >= 0.3 is 0 Å². The van der Waals surface area contributed by atoms with Crippen LogP contribution in [-0.4, -0.2) is 19.6 Å². The highest BCUT2D eigenvalue weighted by Gasteiger charge is 2.25. The minimum Gasteiger partial charge on any atom is -0.267 e. The zero-order valence-corrected chi connectivity index (χ0v) is 14.2. The lowest BCUT2D eigenvalue weighted by molar-refractivity contribution is 0.0985. The predicted molar refractivity (Wildman–Crippen MR) is 83.8 cm³/mol. The van der Waals surface area contributed by atoms with Crippen LogP contribution in [0.3, 0.4) is 0 Å². The van der Waals surface area contributed by atoms with Gasteiger partial charge in [-0.25, -0.2) is 13.1 Å². The first-order chi connectivity index (χ1) is 9.35. The van der Waals surface area contributed by atoms with Crippen LogP contribution < -0.4 is 4.72 Å². The molecule has 1 aromatic heterocycles. The summed E-state index contributed by atoms with van der Waals surface area (Å²) >= 11 is 1.35. The smallest absolute Gasteiger partial charge is 0.267 e. The fourth-order valence-electron chi connectivity index (χ4n) is 2.14. The molecule has 0 unspecified atom stereocenters. The van der Waals surface area contributed by atoms with Crippen molar-refractivity contribution in [1.82, 2.24) is 4.72 Å². The van der Waals surface area contributed by atoms with E-state index in [4.69, 9.17) is 0 Å². The molecule has 1 amide bonds. The summed E-state index contributed by atoms with van der Waals surface area (Å²) in [4.78, 5) is 13.6. The molecular weight excluding hydrogens is 294 g/mol. The third-order valence-electron chi connectivity index (χ3n) is 3.35. The van der Waals surface area contributed by atoms with Crippen molar-refractivity contribution < 1.29 is 13.2 Å². The number of thiophene rings is 1. The van der Waals surface area contributed by atoms with Gasteiger partial charge in [-0.15, -0.1) is 11.3 Å². The maximum Gasteiger partial charge on any atom is 0.274 e. The molecule has 0 aliphatic carbocycles. The molecule has 0 saturated carbocycles. The van der Waals surface area contributed by atoms with Crippen LogP contribution in [0.5, 0.6) is 0 Å². The van der Waals surface area contributed by atoms with Crippen molar-refractivity contribution in [3.63, 3.8) is 0 Å². The second-order valence-electron chi connectivity index (χ2n) is 4.86. The van der Waals surface area contributed by atoms with Gasteiger partial charge in [-0.2, -0.15) is 0 Å². The van der Waals surface area contributed by atoms with Crippen molar-refractivity contribution in [1.29, 1.82) is 0 Å². The Morgan fingerprint density at radius 3 is 2.40 bits per heavy atom. The van der Waals surface area contributed by atoms with E-state index in [0.29, 0.717) is 17.7 Å². The Bertz CT molecular complexity index is 557. The Labute approximate surface area is 125 Å². The van der Waals surface area contributed by atoms with E-state index >= 15 is 0 Å². The van der Waals surface area contributed by atoms with Gasteiger partial charge in [0, 0.05) is 4.88 Å². The van der Waals surface area contributed by atoms with E-state index in [1.165, 1.54) is 11.3 Å². The second kappa shape index (κ2) is 7.22. The summed E-state index contributed by atoms with van der Waals surface area (Å²) < 4.78 is 26.3.